The second kappa shape index (κ2) is 9.89. The van der Waals surface area contributed by atoms with Crippen LogP contribution < -0.4 is 9.13 Å². The molecule has 1 aromatic carbocycles. The Kier molecular flexibility index (Phi) is 6.93. The Morgan fingerprint density at radius 2 is 1.56 bits per heavy atom. The first-order chi connectivity index (χ1) is 16.2. The number of benzene rings is 1. The van der Waals surface area contributed by atoms with Crippen molar-refractivity contribution < 1.29 is 28.3 Å². The van der Waals surface area contributed by atoms with E-state index < -0.39 is 7.60 Å². The van der Waals surface area contributed by atoms with Crippen molar-refractivity contribution in [1.29, 1.82) is 0 Å². The van der Waals surface area contributed by atoms with Crippen LogP contribution in [0.3, 0.4) is 0 Å². The highest BCUT2D eigenvalue weighted by atomic mass is 31.2. The number of fused-ring (bicyclic) bond motifs is 1. The van der Waals surface area contributed by atoms with Crippen LogP contribution in [-0.2, 0) is 22.4 Å². The predicted molar refractivity (Wildman–Crippen MR) is 128 cm³/mol. The van der Waals surface area contributed by atoms with Crippen LogP contribution >= 0.6 is 7.60 Å². The summed E-state index contributed by atoms with van der Waals surface area (Å²) < 4.78 is 14.8. The van der Waals surface area contributed by atoms with E-state index in [0.717, 1.165) is 50.8 Å². The third-order valence-electron chi connectivity index (χ3n) is 5.81. The van der Waals surface area contributed by atoms with Crippen molar-refractivity contribution in [2.24, 2.45) is 0 Å². The molecule has 0 saturated carbocycles. The molecular weight excluding hydrogens is 451 g/mol. The molecule has 3 aromatic heterocycles. The summed E-state index contributed by atoms with van der Waals surface area (Å²) >= 11 is 0. The monoisotopic (exact) mass is 478 g/mol. The van der Waals surface area contributed by atoms with Gasteiger partial charge in [-0.3, -0.25) is 9.55 Å². The lowest BCUT2D eigenvalue weighted by Crippen LogP contribution is -2.34. The maximum absolute atomic E-state index is 11.1. The maximum Gasteiger partial charge on any atom is 0.331 e. The SMILES string of the molecule is Cc1cc(-c2cc[n+](CCC=O)cc2)c(C)c2ncc(-c3cc[n+](CCP(=O)(O)O)cc3)nc12. The highest BCUT2D eigenvalue weighted by Crippen LogP contribution is 2.33. The van der Waals surface area contributed by atoms with Crippen molar-refractivity contribution in [3.8, 4) is 22.4 Å². The fourth-order valence-electron chi connectivity index (χ4n) is 3.91. The first kappa shape index (κ1) is 23.8. The Balaban J connectivity index is 1.63. The van der Waals surface area contributed by atoms with Crippen molar-refractivity contribution in [1.82, 2.24) is 9.97 Å². The van der Waals surface area contributed by atoms with Crippen molar-refractivity contribution >= 4 is 24.9 Å². The molecule has 2 N–H and O–H groups in total. The molecule has 0 saturated heterocycles. The zero-order valence-electron chi connectivity index (χ0n) is 19.1. The highest BCUT2D eigenvalue weighted by Gasteiger charge is 2.17. The van der Waals surface area contributed by atoms with Gasteiger partial charge in [0.2, 0.25) is 0 Å². The van der Waals surface area contributed by atoms with E-state index in [1.165, 1.54) is 0 Å². The molecule has 3 heterocycles. The molecule has 0 amide bonds. The molecule has 0 unspecified atom stereocenters. The molecule has 174 valence electrons. The number of hydrogen-bond acceptors (Lipinski definition) is 4. The van der Waals surface area contributed by atoms with E-state index in [9.17, 15) is 9.36 Å². The quantitative estimate of drug-likeness (QED) is 0.229. The van der Waals surface area contributed by atoms with Crippen LogP contribution in [0.25, 0.3) is 33.4 Å². The van der Waals surface area contributed by atoms with Gasteiger partial charge in [0.05, 0.1) is 29.3 Å². The van der Waals surface area contributed by atoms with Gasteiger partial charge < -0.3 is 14.6 Å². The van der Waals surface area contributed by atoms with Crippen LogP contribution in [0, 0.1) is 13.8 Å². The minimum absolute atomic E-state index is 0.201. The fraction of sp³-hybridized carbons (Fsp3) is 0.240. The average Bonchev–Trinajstić information content (AvgIpc) is 2.83. The third-order valence-corrected chi connectivity index (χ3v) is 6.59. The van der Waals surface area contributed by atoms with Gasteiger partial charge in [-0.2, -0.15) is 0 Å². The summed E-state index contributed by atoms with van der Waals surface area (Å²) in [7, 11) is -4.03. The Hall–Kier alpha value is -3.32. The van der Waals surface area contributed by atoms with Gasteiger partial charge in [-0.25, -0.2) is 14.1 Å². The highest BCUT2D eigenvalue weighted by molar-refractivity contribution is 7.51. The van der Waals surface area contributed by atoms with Crippen LogP contribution in [-0.4, -0.2) is 32.2 Å². The molecular formula is C25H27N4O4P+2. The van der Waals surface area contributed by atoms with E-state index in [-0.39, 0.29) is 12.7 Å². The number of pyridine rings is 2. The molecule has 0 spiro atoms. The van der Waals surface area contributed by atoms with Crippen LogP contribution in [0.2, 0.25) is 0 Å². The second-order valence-electron chi connectivity index (χ2n) is 8.31. The standard InChI is InChI=1S/C25H25N4O4P/c1-18-16-22(20-4-9-28(10-5-20)8-3-14-30)19(2)25-24(18)27-23(17-26-25)21-6-11-29(12-7-21)13-15-34(31,32)33/h4-7,9-12,14,16-17H,3,8,13,15H2,1-2H3/p+2. The van der Waals surface area contributed by atoms with E-state index in [1.54, 1.807) is 23.2 Å². The van der Waals surface area contributed by atoms with E-state index in [1.807, 2.05) is 55.1 Å². The summed E-state index contributed by atoms with van der Waals surface area (Å²) in [6.45, 7) is 4.98. The normalized spacial score (nSPS) is 11.6. The van der Waals surface area contributed by atoms with Crippen molar-refractivity contribution in [2.75, 3.05) is 6.16 Å². The summed E-state index contributed by atoms with van der Waals surface area (Å²) in [4.78, 5) is 38.3. The predicted octanol–water partition coefficient (Wildman–Crippen LogP) is 2.92. The van der Waals surface area contributed by atoms with Gasteiger partial charge >= 0.3 is 7.60 Å². The molecule has 0 fully saturated rings. The number of carbonyl (C=O) groups excluding carboxylic acids is 1. The third kappa shape index (κ3) is 5.42. The van der Waals surface area contributed by atoms with E-state index in [0.29, 0.717) is 13.0 Å². The van der Waals surface area contributed by atoms with Crippen LogP contribution in [0.1, 0.15) is 17.5 Å². The molecule has 0 aliphatic heterocycles. The smallest absolute Gasteiger partial charge is 0.324 e. The minimum Gasteiger partial charge on any atom is -0.324 e. The molecule has 0 radical (unpaired) electrons. The Morgan fingerprint density at radius 1 is 0.941 bits per heavy atom. The lowest BCUT2D eigenvalue weighted by Gasteiger charge is -2.12. The summed E-state index contributed by atoms with van der Waals surface area (Å²) in [5.74, 6) is 0. The lowest BCUT2D eigenvalue weighted by atomic mass is 9.97. The van der Waals surface area contributed by atoms with Crippen molar-refractivity contribution in [3.63, 3.8) is 0 Å². The largest absolute Gasteiger partial charge is 0.331 e. The zero-order chi connectivity index (χ0) is 24.3. The summed E-state index contributed by atoms with van der Waals surface area (Å²) in [6.07, 6.45) is 10.5. The fourth-order valence-corrected chi connectivity index (χ4v) is 4.40. The first-order valence-corrected chi connectivity index (χ1v) is 12.8. The number of aryl methyl sites for hydroxylation is 4. The van der Waals surface area contributed by atoms with E-state index >= 15 is 0 Å². The molecule has 0 atom stereocenters. The topological polar surface area (TPSA) is 108 Å². The molecule has 4 aromatic rings. The minimum atomic E-state index is -4.03. The summed E-state index contributed by atoms with van der Waals surface area (Å²) in [5.41, 5.74) is 7.56. The summed E-state index contributed by atoms with van der Waals surface area (Å²) in [6, 6.07) is 9.96. The molecule has 9 heteroatoms. The number of carbonyl (C=O) groups is 1. The number of hydrogen-bond donors (Lipinski definition) is 2. The van der Waals surface area contributed by atoms with Gasteiger partial charge in [0.25, 0.3) is 0 Å². The summed E-state index contributed by atoms with van der Waals surface area (Å²) in [5, 5.41) is 0. The van der Waals surface area contributed by atoms with E-state index in [4.69, 9.17) is 19.8 Å². The van der Waals surface area contributed by atoms with Crippen LogP contribution in [0.15, 0.2) is 61.3 Å². The van der Waals surface area contributed by atoms with E-state index in [2.05, 4.69) is 6.07 Å². The molecule has 0 aliphatic carbocycles. The van der Waals surface area contributed by atoms with Gasteiger partial charge in [0.15, 0.2) is 37.9 Å². The molecule has 0 aliphatic rings. The van der Waals surface area contributed by atoms with Crippen LogP contribution in [0.5, 0.6) is 0 Å². The average molecular weight is 478 g/mol. The molecule has 34 heavy (non-hydrogen) atoms. The Morgan fingerprint density at radius 3 is 2.18 bits per heavy atom. The van der Waals surface area contributed by atoms with Crippen molar-refractivity contribution in [2.45, 2.75) is 33.4 Å². The molecule has 8 nitrogen and oxygen atoms in total. The Bertz CT molecular complexity index is 1380. The van der Waals surface area contributed by atoms with Gasteiger partial charge in [0.1, 0.15) is 12.4 Å². The Labute approximate surface area is 197 Å². The number of aromatic nitrogens is 4. The van der Waals surface area contributed by atoms with Gasteiger partial charge in [-0.1, -0.05) is 0 Å². The van der Waals surface area contributed by atoms with Gasteiger partial charge in [0, 0.05) is 29.8 Å². The second-order valence-corrected chi connectivity index (χ2v) is 10.1. The molecule has 4 rings (SSSR count). The number of nitrogens with zero attached hydrogens (tertiary/aromatic N) is 4. The number of aldehydes is 1. The van der Waals surface area contributed by atoms with Gasteiger partial charge in [-0.05, 0) is 42.2 Å². The van der Waals surface area contributed by atoms with Crippen LogP contribution in [0.4, 0.5) is 0 Å². The van der Waals surface area contributed by atoms with Crippen molar-refractivity contribution in [3.05, 3.63) is 72.4 Å². The first-order valence-electron chi connectivity index (χ1n) is 11.0. The number of rotatable bonds is 8. The lowest BCUT2D eigenvalue weighted by molar-refractivity contribution is -0.695. The maximum atomic E-state index is 11.1. The van der Waals surface area contributed by atoms with Gasteiger partial charge in [-0.15, -0.1) is 0 Å². The zero-order valence-corrected chi connectivity index (χ0v) is 20.0. The molecule has 0 bridgehead atoms.